The second kappa shape index (κ2) is 63.4. The van der Waals surface area contributed by atoms with E-state index in [1.807, 2.05) is 6.08 Å². The van der Waals surface area contributed by atoms with E-state index in [0.29, 0.717) is 19.3 Å². The number of carbonyl (C=O) groups excluding carboxylic acids is 3. The Morgan fingerprint density at radius 3 is 0.813 bits per heavy atom. The Bertz CT molecular complexity index is 1390. The molecule has 0 rings (SSSR count). The second-order valence-electron chi connectivity index (χ2n) is 21.7. The standard InChI is InChI=1S/C69H122O6/c1-4-7-10-13-16-19-22-25-28-31-34-37-40-43-46-49-52-55-58-61-67(70)73-64-66(75-69(72)63-60-57-54-51-48-45-42-39-36-33-30-27-24-21-18-15-12-9-6-3)65-74-68(71)62-59-56-53-50-47-44-41-38-35-32-29-26-23-20-17-14-11-8-5-2/h7,10,16,19,25,28,34,37,43,46,52,55,66H,4-6,8-9,11-15,17-18,20-24,26-27,29-33,35-36,38-42,44-45,47-51,53-54,56-65H2,1-3H3/b10-7-,19-16-,28-25-,37-34-,46-43-,55-52-/t66-/m1/s1. The molecular formula is C69H122O6. The van der Waals surface area contributed by atoms with Crippen molar-refractivity contribution >= 4 is 17.9 Å². The van der Waals surface area contributed by atoms with Gasteiger partial charge < -0.3 is 14.2 Å². The van der Waals surface area contributed by atoms with Crippen molar-refractivity contribution in [3.8, 4) is 0 Å². The van der Waals surface area contributed by atoms with Crippen LogP contribution in [0.25, 0.3) is 0 Å². The van der Waals surface area contributed by atoms with Gasteiger partial charge in [-0.2, -0.15) is 0 Å². The Hall–Kier alpha value is -3.15. The van der Waals surface area contributed by atoms with E-state index in [0.717, 1.165) is 77.0 Å². The van der Waals surface area contributed by atoms with Crippen molar-refractivity contribution < 1.29 is 28.6 Å². The second-order valence-corrected chi connectivity index (χ2v) is 21.7. The van der Waals surface area contributed by atoms with Gasteiger partial charge in [-0.3, -0.25) is 14.4 Å². The lowest BCUT2D eigenvalue weighted by Gasteiger charge is -2.18. The first-order valence-electron chi connectivity index (χ1n) is 32.4. The van der Waals surface area contributed by atoms with Crippen molar-refractivity contribution in [1.29, 1.82) is 0 Å². The minimum atomic E-state index is -0.804. The molecule has 0 aromatic heterocycles. The summed E-state index contributed by atoms with van der Waals surface area (Å²) in [5, 5.41) is 0. The summed E-state index contributed by atoms with van der Waals surface area (Å²) < 4.78 is 16.9. The average Bonchev–Trinajstić information content (AvgIpc) is 3.41. The molecule has 0 saturated heterocycles. The minimum absolute atomic E-state index is 0.0939. The van der Waals surface area contributed by atoms with Crippen LogP contribution in [-0.2, 0) is 28.6 Å². The maximum atomic E-state index is 12.9. The van der Waals surface area contributed by atoms with Crippen LogP contribution in [0.5, 0.6) is 0 Å². The number of unbranched alkanes of at least 4 members (excludes halogenated alkanes) is 36. The predicted octanol–water partition coefficient (Wildman–Crippen LogP) is 22.1. The van der Waals surface area contributed by atoms with Gasteiger partial charge in [-0.1, -0.05) is 325 Å². The first kappa shape index (κ1) is 71.8. The zero-order valence-electron chi connectivity index (χ0n) is 49.8. The highest BCUT2D eigenvalue weighted by atomic mass is 16.6. The van der Waals surface area contributed by atoms with Crippen molar-refractivity contribution in [2.45, 2.75) is 335 Å². The van der Waals surface area contributed by atoms with Crippen molar-refractivity contribution in [3.63, 3.8) is 0 Å². The van der Waals surface area contributed by atoms with Crippen LogP contribution in [-0.4, -0.2) is 37.2 Å². The highest BCUT2D eigenvalue weighted by molar-refractivity contribution is 5.71. The lowest BCUT2D eigenvalue weighted by Crippen LogP contribution is -2.30. The zero-order valence-corrected chi connectivity index (χ0v) is 49.8. The SMILES string of the molecule is CC/C=C\C/C=C\C/C=C\C/C=C\C/C=C\C/C=C\CCC(=O)OC[C@H](COC(=O)CCCCCCCCCCCCCCCCCCCCC)OC(=O)CCCCCCCCCCCCCCCCCCCCC. The van der Waals surface area contributed by atoms with Crippen LogP contribution in [0.4, 0.5) is 0 Å². The van der Waals surface area contributed by atoms with E-state index >= 15 is 0 Å². The maximum absolute atomic E-state index is 12.9. The molecule has 75 heavy (non-hydrogen) atoms. The van der Waals surface area contributed by atoms with Gasteiger partial charge in [-0.15, -0.1) is 0 Å². The maximum Gasteiger partial charge on any atom is 0.306 e. The highest BCUT2D eigenvalue weighted by Crippen LogP contribution is 2.18. The number of carbonyl (C=O) groups is 3. The van der Waals surface area contributed by atoms with Gasteiger partial charge in [0.1, 0.15) is 13.2 Å². The number of rotatable bonds is 59. The summed E-state index contributed by atoms with van der Waals surface area (Å²) in [6.45, 7) is 6.52. The molecule has 0 aliphatic heterocycles. The first-order valence-corrected chi connectivity index (χ1v) is 32.4. The fourth-order valence-corrected chi connectivity index (χ4v) is 9.41. The van der Waals surface area contributed by atoms with Crippen LogP contribution < -0.4 is 0 Å². The van der Waals surface area contributed by atoms with E-state index in [2.05, 4.69) is 87.6 Å². The van der Waals surface area contributed by atoms with E-state index in [-0.39, 0.29) is 37.5 Å². The Morgan fingerprint density at radius 2 is 0.520 bits per heavy atom. The highest BCUT2D eigenvalue weighted by Gasteiger charge is 2.19. The number of ether oxygens (including phenoxy) is 3. The zero-order chi connectivity index (χ0) is 54.3. The van der Waals surface area contributed by atoms with E-state index < -0.39 is 6.10 Å². The molecule has 1 atom stereocenters. The van der Waals surface area contributed by atoms with Gasteiger partial charge in [-0.05, 0) is 57.8 Å². The van der Waals surface area contributed by atoms with Crippen LogP contribution >= 0.6 is 0 Å². The number of esters is 3. The van der Waals surface area contributed by atoms with Gasteiger partial charge >= 0.3 is 17.9 Å². The number of allylic oxidation sites excluding steroid dienone is 12. The summed E-state index contributed by atoms with van der Waals surface area (Å²) in [7, 11) is 0. The monoisotopic (exact) mass is 1050 g/mol. The Labute approximate surface area is 465 Å². The largest absolute Gasteiger partial charge is 0.462 e. The molecule has 0 fully saturated rings. The molecule has 0 aromatic rings. The molecule has 434 valence electrons. The van der Waals surface area contributed by atoms with Crippen LogP contribution in [0, 0.1) is 0 Å². The first-order chi connectivity index (χ1) is 37.0. The normalized spacial score (nSPS) is 12.5. The van der Waals surface area contributed by atoms with Crippen LogP contribution in [0.1, 0.15) is 329 Å². The third-order valence-corrected chi connectivity index (χ3v) is 14.2. The smallest absolute Gasteiger partial charge is 0.306 e. The van der Waals surface area contributed by atoms with Crippen molar-refractivity contribution in [2.24, 2.45) is 0 Å². The van der Waals surface area contributed by atoms with E-state index in [1.165, 1.54) is 205 Å². The summed E-state index contributed by atoms with van der Waals surface area (Å²) in [6, 6.07) is 0. The number of hydrogen-bond acceptors (Lipinski definition) is 6. The Kier molecular flexibility index (Phi) is 60.7. The van der Waals surface area contributed by atoms with Gasteiger partial charge in [0.05, 0.1) is 0 Å². The number of hydrogen-bond donors (Lipinski definition) is 0. The van der Waals surface area contributed by atoms with Crippen LogP contribution in [0.2, 0.25) is 0 Å². The third-order valence-electron chi connectivity index (χ3n) is 14.2. The summed E-state index contributed by atoms with van der Waals surface area (Å²) in [5.41, 5.74) is 0. The molecule has 0 amide bonds. The van der Waals surface area contributed by atoms with Gasteiger partial charge in [0.2, 0.25) is 0 Å². The Balaban J connectivity index is 4.43. The molecule has 0 aliphatic carbocycles. The fraction of sp³-hybridized carbons (Fsp3) is 0.783. The third kappa shape index (κ3) is 61.6. The van der Waals surface area contributed by atoms with Gasteiger partial charge in [0, 0.05) is 19.3 Å². The molecule has 0 spiro atoms. The summed E-state index contributed by atoms with van der Waals surface area (Å²) in [5.74, 6) is -0.962. The minimum Gasteiger partial charge on any atom is -0.462 e. The summed E-state index contributed by atoms with van der Waals surface area (Å²) in [4.78, 5) is 38.3. The molecule has 0 heterocycles. The molecule has 0 bridgehead atoms. The van der Waals surface area contributed by atoms with E-state index in [1.54, 1.807) is 0 Å². The van der Waals surface area contributed by atoms with Crippen molar-refractivity contribution in [3.05, 3.63) is 72.9 Å². The molecular weight excluding hydrogens is 925 g/mol. The van der Waals surface area contributed by atoms with Crippen LogP contribution in [0.15, 0.2) is 72.9 Å². The molecule has 0 aliphatic rings. The van der Waals surface area contributed by atoms with Crippen molar-refractivity contribution in [1.82, 2.24) is 0 Å². The summed E-state index contributed by atoms with van der Waals surface area (Å²) >= 11 is 0. The molecule has 0 radical (unpaired) electrons. The molecule has 0 aromatic carbocycles. The van der Waals surface area contributed by atoms with E-state index in [9.17, 15) is 14.4 Å². The Morgan fingerprint density at radius 1 is 0.280 bits per heavy atom. The van der Waals surface area contributed by atoms with Gasteiger partial charge in [0.25, 0.3) is 0 Å². The lowest BCUT2D eigenvalue weighted by molar-refractivity contribution is -0.166. The molecule has 6 nitrogen and oxygen atoms in total. The summed E-state index contributed by atoms with van der Waals surface area (Å²) in [6.07, 6.45) is 82.1. The van der Waals surface area contributed by atoms with Gasteiger partial charge in [0.15, 0.2) is 6.10 Å². The van der Waals surface area contributed by atoms with Crippen LogP contribution in [0.3, 0.4) is 0 Å². The molecule has 0 unspecified atom stereocenters. The molecule has 0 N–H and O–H groups in total. The predicted molar refractivity (Wildman–Crippen MR) is 325 cm³/mol. The van der Waals surface area contributed by atoms with E-state index in [4.69, 9.17) is 14.2 Å². The molecule has 0 saturated carbocycles. The fourth-order valence-electron chi connectivity index (χ4n) is 9.41. The van der Waals surface area contributed by atoms with Crippen molar-refractivity contribution in [2.75, 3.05) is 13.2 Å². The lowest BCUT2D eigenvalue weighted by atomic mass is 10.0. The topological polar surface area (TPSA) is 78.9 Å². The van der Waals surface area contributed by atoms with Gasteiger partial charge in [-0.25, -0.2) is 0 Å². The quantitative estimate of drug-likeness (QED) is 0.0261. The average molecular weight is 1050 g/mol. The molecule has 6 heteroatoms.